The number of ether oxygens (including phenoxy) is 2. The SMILES string of the molecule is CCOC(=O)C(CC(=O)OC(C)(C)C)C(=O)c1ccccc1. The quantitative estimate of drug-likeness (QED) is 0.459. The van der Waals surface area contributed by atoms with Gasteiger partial charge in [0.15, 0.2) is 5.78 Å². The van der Waals surface area contributed by atoms with Crippen LogP contribution in [0.1, 0.15) is 44.5 Å². The molecule has 0 bridgehead atoms. The van der Waals surface area contributed by atoms with Crippen molar-refractivity contribution in [3.05, 3.63) is 35.9 Å². The first-order valence-corrected chi connectivity index (χ1v) is 7.22. The van der Waals surface area contributed by atoms with Crippen molar-refractivity contribution in [3.8, 4) is 0 Å². The van der Waals surface area contributed by atoms with Crippen LogP contribution in [0.2, 0.25) is 0 Å². The van der Waals surface area contributed by atoms with Crippen molar-refractivity contribution in [2.45, 2.75) is 39.7 Å². The third kappa shape index (κ3) is 5.68. The lowest BCUT2D eigenvalue weighted by Crippen LogP contribution is -2.32. The number of ketones is 1. The van der Waals surface area contributed by atoms with Gasteiger partial charge in [-0.1, -0.05) is 30.3 Å². The van der Waals surface area contributed by atoms with E-state index in [1.165, 1.54) is 0 Å². The fourth-order valence-corrected chi connectivity index (χ4v) is 1.88. The van der Waals surface area contributed by atoms with Gasteiger partial charge in [0.25, 0.3) is 0 Å². The minimum Gasteiger partial charge on any atom is -0.465 e. The molecule has 1 unspecified atom stereocenters. The highest BCUT2D eigenvalue weighted by atomic mass is 16.6. The number of hydrogen-bond donors (Lipinski definition) is 0. The number of rotatable bonds is 6. The van der Waals surface area contributed by atoms with Gasteiger partial charge in [-0.2, -0.15) is 0 Å². The summed E-state index contributed by atoms with van der Waals surface area (Å²) in [6.45, 7) is 6.97. The number of carbonyl (C=O) groups is 3. The van der Waals surface area contributed by atoms with E-state index >= 15 is 0 Å². The van der Waals surface area contributed by atoms with E-state index < -0.39 is 29.2 Å². The van der Waals surface area contributed by atoms with Crippen molar-refractivity contribution >= 4 is 17.7 Å². The summed E-state index contributed by atoms with van der Waals surface area (Å²) in [6, 6.07) is 8.36. The maximum absolute atomic E-state index is 12.5. The monoisotopic (exact) mass is 306 g/mol. The van der Waals surface area contributed by atoms with Gasteiger partial charge in [0, 0.05) is 5.56 Å². The van der Waals surface area contributed by atoms with Crippen LogP contribution in [0.5, 0.6) is 0 Å². The van der Waals surface area contributed by atoms with Crippen molar-refractivity contribution in [2.24, 2.45) is 5.92 Å². The van der Waals surface area contributed by atoms with Crippen LogP contribution >= 0.6 is 0 Å². The van der Waals surface area contributed by atoms with Crippen LogP contribution in [0.3, 0.4) is 0 Å². The van der Waals surface area contributed by atoms with Crippen molar-refractivity contribution in [1.82, 2.24) is 0 Å². The van der Waals surface area contributed by atoms with E-state index in [0.717, 1.165) is 0 Å². The van der Waals surface area contributed by atoms with E-state index in [1.54, 1.807) is 58.0 Å². The van der Waals surface area contributed by atoms with Crippen LogP contribution in [0.25, 0.3) is 0 Å². The first kappa shape index (κ1) is 17.9. The Hall–Kier alpha value is -2.17. The molecule has 1 atom stereocenters. The highest BCUT2D eigenvalue weighted by Gasteiger charge is 2.33. The second kappa shape index (κ2) is 7.73. The van der Waals surface area contributed by atoms with Crippen LogP contribution in [-0.4, -0.2) is 29.9 Å². The van der Waals surface area contributed by atoms with Gasteiger partial charge in [-0.15, -0.1) is 0 Å². The average molecular weight is 306 g/mol. The van der Waals surface area contributed by atoms with E-state index in [9.17, 15) is 14.4 Å². The molecule has 0 saturated carbocycles. The van der Waals surface area contributed by atoms with Crippen molar-refractivity contribution in [3.63, 3.8) is 0 Å². The Balaban J connectivity index is 2.92. The van der Waals surface area contributed by atoms with E-state index in [2.05, 4.69) is 0 Å². The minimum absolute atomic E-state index is 0.145. The lowest BCUT2D eigenvalue weighted by atomic mass is 9.94. The lowest BCUT2D eigenvalue weighted by molar-refractivity contribution is -0.160. The van der Waals surface area contributed by atoms with Crippen molar-refractivity contribution in [1.29, 1.82) is 0 Å². The average Bonchev–Trinajstić information content (AvgIpc) is 2.43. The molecule has 120 valence electrons. The van der Waals surface area contributed by atoms with E-state index in [-0.39, 0.29) is 13.0 Å². The molecule has 0 amide bonds. The second-order valence-electron chi connectivity index (χ2n) is 5.83. The number of Topliss-reactive ketones (excluding diaryl/α,β-unsaturated/α-hetero) is 1. The summed E-state index contributed by atoms with van der Waals surface area (Å²) in [6.07, 6.45) is -0.330. The second-order valence-corrected chi connectivity index (χ2v) is 5.83. The molecule has 0 aliphatic carbocycles. The Labute approximate surface area is 130 Å². The molecule has 1 aromatic rings. The normalized spacial score (nSPS) is 12.4. The summed E-state index contributed by atoms with van der Waals surface area (Å²) in [4.78, 5) is 36.4. The minimum atomic E-state index is -1.18. The summed E-state index contributed by atoms with van der Waals surface area (Å²) in [7, 11) is 0. The molecule has 0 heterocycles. The highest BCUT2D eigenvalue weighted by molar-refractivity contribution is 6.10. The predicted molar refractivity (Wildman–Crippen MR) is 81.4 cm³/mol. The predicted octanol–water partition coefficient (Wildman–Crippen LogP) is 2.78. The topological polar surface area (TPSA) is 69.7 Å². The Morgan fingerprint density at radius 2 is 1.68 bits per heavy atom. The molecule has 0 aliphatic heterocycles. The van der Waals surface area contributed by atoms with Gasteiger partial charge in [-0.25, -0.2) is 0 Å². The van der Waals surface area contributed by atoms with E-state index in [1.807, 2.05) is 0 Å². The van der Waals surface area contributed by atoms with Gasteiger partial charge in [0.1, 0.15) is 11.5 Å². The molecule has 0 radical (unpaired) electrons. The Kier molecular flexibility index (Phi) is 6.28. The summed E-state index contributed by atoms with van der Waals surface area (Å²) < 4.78 is 10.1. The van der Waals surface area contributed by atoms with Gasteiger partial charge in [-0.3, -0.25) is 14.4 Å². The Morgan fingerprint density at radius 1 is 1.09 bits per heavy atom. The molecule has 0 fully saturated rings. The molecule has 5 heteroatoms. The molecule has 22 heavy (non-hydrogen) atoms. The van der Waals surface area contributed by atoms with Crippen LogP contribution in [0.4, 0.5) is 0 Å². The summed E-state index contributed by atoms with van der Waals surface area (Å²) >= 11 is 0. The standard InChI is InChI=1S/C17H22O5/c1-5-21-16(20)13(11-14(18)22-17(2,3)4)15(19)12-9-7-6-8-10-12/h6-10,13H,5,11H2,1-4H3. The molecule has 0 saturated heterocycles. The molecule has 1 rings (SSSR count). The first-order chi connectivity index (χ1) is 10.2. The number of hydrogen-bond acceptors (Lipinski definition) is 5. The zero-order valence-corrected chi connectivity index (χ0v) is 13.4. The number of esters is 2. The number of benzene rings is 1. The highest BCUT2D eigenvalue weighted by Crippen LogP contribution is 2.18. The maximum Gasteiger partial charge on any atom is 0.317 e. The summed E-state index contributed by atoms with van der Waals surface area (Å²) in [5.41, 5.74) is -0.310. The molecule has 1 aromatic carbocycles. The Morgan fingerprint density at radius 3 is 2.18 bits per heavy atom. The van der Waals surface area contributed by atoms with Gasteiger partial charge >= 0.3 is 11.9 Å². The van der Waals surface area contributed by atoms with Gasteiger partial charge in [-0.05, 0) is 27.7 Å². The maximum atomic E-state index is 12.5. The largest absolute Gasteiger partial charge is 0.465 e. The third-order valence-electron chi connectivity index (χ3n) is 2.74. The van der Waals surface area contributed by atoms with E-state index in [4.69, 9.17) is 9.47 Å². The van der Waals surface area contributed by atoms with Crippen molar-refractivity contribution < 1.29 is 23.9 Å². The van der Waals surface area contributed by atoms with Crippen LogP contribution in [0, 0.1) is 5.92 Å². The molecular formula is C17H22O5. The lowest BCUT2D eigenvalue weighted by Gasteiger charge is -2.21. The molecule has 0 N–H and O–H groups in total. The van der Waals surface area contributed by atoms with Gasteiger partial charge < -0.3 is 9.47 Å². The third-order valence-corrected chi connectivity index (χ3v) is 2.74. The molecule has 0 aromatic heterocycles. The zero-order valence-electron chi connectivity index (χ0n) is 13.4. The fourth-order valence-electron chi connectivity index (χ4n) is 1.88. The smallest absolute Gasteiger partial charge is 0.317 e. The van der Waals surface area contributed by atoms with Crippen LogP contribution in [0.15, 0.2) is 30.3 Å². The van der Waals surface area contributed by atoms with Gasteiger partial charge in [0.2, 0.25) is 0 Å². The number of carbonyl (C=O) groups excluding carboxylic acids is 3. The van der Waals surface area contributed by atoms with E-state index in [0.29, 0.717) is 5.56 Å². The molecule has 0 spiro atoms. The van der Waals surface area contributed by atoms with Crippen LogP contribution < -0.4 is 0 Å². The summed E-state index contributed by atoms with van der Waals surface area (Å²) in [5.74, 6) is -2.93. The molecule has 5 nitrogen and oxygen atoms in total. The molecule has 0 aliphatic rings. The molecular weight excluding hydrogens is 284 g/mol. The fraction of sp³-hybridized carbons (Fsp3) is 0.471. The zero-order chi connectivity index (χ0) is 16.8. The Bertz CT molecular complexity index is 528. The summed E-state index contributed by atoms with van der Waals surface area (Å²) in [5, 5.41) is 0. The first-order valence-electron chi connectivity index (χ1n) is 7.22. The van der Waals surface area contributed by atoms with Gasteiger partial charge in [0.05, 0.1) is 13.0 Å². The van der Waals surface area contributed by atoms with Crippen molar-refractivity contribution in [2.75, 3.05) is 6.61 Å². The van der Waals surface area contributed by atoms with Crippen LogP contribution in [-0.2, 0) is 19.1 Å².